The minimum absolute atomic E-state index is 0.182. The van der Waals surface area contributed by atoms with Gasteiger partial charge in [-0.05, 0) is 49.2 Å². The van der Waals surface area contributed by atoms with E-state index in [4.69, 9.17) is 9.47 Å². The normalized spacial score (nSPS) is 10.9. The maximum atomic E-state index is 13.1. The number of ether oxygens (including phenoxy) is 2. The monoisotopic (exact) mass is 420 g/mol. The van der Waals surface area contributed by atoms with Crippen molar-refractivity contribution < 1.29 is 14.3 Å². The van der Waals surface area contributed by atoms with E-state index in [0.717, 1.165) is 11.3 Å². The number of aromatic nitrogens is 2. The zero-order valence-electron chi connectivity index (χ0n) is 16.6. The molecule has 0 spiro atoms. The lowest BCUT2D eigenvalue weighted by Crippen LogP contribution is -2.21. The largest absolute Gasteiger partial charge is 0.462 e. The number of carbonyl (C=O) groups excluding carboxylic acids is 1. The third-order valence-electron chi connectivity index (χ3n) is 4.61. The average molecular weight is 420 g/mol. The maximum absolute atomic E-state index is 13.1. The van der Waals surface area contributed by atoms with Crippen LogP contribution in [0, 0.1) is 6.92 Å². The van der Waals surface area contributed by atoms with Crippen LogP contribution in [0.25, 0.3) is 10.2 Å². The van der Waals surface area contributed by atoms with E-state index in [1.807, 2.05) is 54.6 Å². The lowest BCUT2D eigenvalue weighted by molar-refractivity contribution is 0.0531. The van der Waals surface area contributed by atoms with Gasteiger partial charge in [0, 0.05) is 0 Å². The van der Waals surface area contributed by atoms with Crippen LogP contribution in [0.4, 0.5) is 0 Å². The van der Waals surface area contributed by atoms with E-state index in [-0.39, 0.29) is 12.2 Å². The van der Waals surface area contributed by atoms with Crippen molar-refractivity contribution in [2.75, 3.05) is 6.61 Å². The third-order valence-corrected chi connectivity index (χ3v) is 5.79. The highest BCUT2D eigenvalue weighted by Crippen LogP contribution is 2.28. The minimum atomic E-state index is -0.422. The molecule has 152 valence electrons. The van der Waals surface area contributed by atoms with Crippen LogP contribution in [0.5, 0.6) is 11.5 Å². The standard InChI is InChI=1S/C23H20N2O4S/c1-3-28-23(27)20-15(2)19-21(30-20)24-14-25(22(19)26)13-16-8-7-11-18(12-16)29-17-9-5-4-6-10-17/h4-12,14H,3,13H2,1-2H3. The van der Waals surface area contributed by atoms with Gasteiger partial charge in [0.1, 0.15) is 21.2 Å². The molecule has 0 unspecified atom stereocenters. The number of carbonyl (C=O) groups is 1. The Hall–Kier alpha value is -3.45. The molecule has 2 aromatic heterocycles. The Morgan fingerprint density at radius 3 is 2.63 bits per heavy atom. The van der Waals surface area contributed by atoms with E-state index >= 15 is 0 Å². The SMILES string of the molecule is CCOC(=O)c1sc2ncn(Cc3cccc(Oc4ccccc4)c3)c(=O)c2c1C. The number of nitrogens with zero attached hydrogens (tertiary/aromatic N) is 2. The van der Waals surface area contributed by atoms with E-state index in [1.165, 1.54) is 17.7 Å². The lowest BCUT2D eigenvalue weighted by atomic mass is 10.2. The molecule has 7 heteroatoms. The predicted octanol–water partition coefficient (Wildman–Crippen LogP) is 4.78. The smallest absolute Gasteiger partial charge is 0.348 e. The first-order valence-corrected chi connectivity index (χ1v) is 10.4. The van der Waals surface area contributed by atoms with Crippen LogP contribution in [0.1, 0.15) is 27.7 Å². The molecular weight excluding hydrogens is 400 g/mol. The van der Waals surface area contributed by atoms with Crippen molar-refractivity contribution in [1.29, 1.82) is 0 Å². The summed E-state index contributed by atoms with van der Waals surface area (Å²) in [5.74, 6) is 1.02. The maximum Gasteiger partial charge on any atom is 0.348 e. The quantitative estimate of drug-likeness (QED) is 0.420. The van der Waals surface area contributed by atoms with Crippen LogP contribution in [-0.4, -0.2) is 22.1 Å². The number of thiophene rings is 1. The molecule has 0 saturated heterocycles. The molecule has 30 heavy (non-hydrogen) atoms. The highest BCUT2D eigenvalue weighted by atomic mass is 32.1. The molecule has 0 saturated carbocycles. The third kappa shape index (κ3) is 3.97. The fraction of sp³-hybridized carbons (Fsp3) is 0.174. The molecule has 4 aromatic rings. The Labute approximate surface area is 177 Å². The summed E-state index contributed by atoms with van der Waals surface area (Å²) in [7, 11) is 0. The van der Waals surface area contributed by atoms with Crippen molar-refractivity contribution >= 4 is 27.5 Å². The van der Waals surface area contributed by atoms with Crippen LogP contribution in [-0.2, 0) is 11.3 Å². The summed E-state index contributed by atoms with van der Waals surface area (Å²) in [6.07, 6.45) is 1.51. The molecule has 0 aliphatic rings. The minimum Gasteiger partial charge on any atom is -0.462 e. The Balaban J connectivity index is 1.64. The lowest BCUT2D eigenvalue weighted by Gasteiger charge is -2.09. The van der Waals surface area contributed by atoms with Crippen LogP contribution < -0.4 is 10.3 Å². The second-order valence-corrected chi connectivity index (χ2v) is 7.70. The van der Waals surface area contributed by atoms with Crippen LogP contribution in [0.15, 0.2) is 65.7 Å². The summed E-state index contributed by atoms with van der Waals surface area (Å²) in [4.78, 5) is 30.6. The first kappa shape index (κ1) is 19.8. The van der Waals surface area contributed by atoms with E-state index < -0.39 is 5.97 Å². The molecule has 4 rings (SSSR count). The fourth-order valence-corrected chi connectivity index (χ4v) is 4.22. The Morgan fingerprint density at radius 1 is 1.10 bits per heavy atom. The van der Waals surface area contributed by atoms with Crippen molar-refractivity contribution in [2.45, 2.75) is 20.4 Å². The molecule has 2 heterocycles. The number of benzene rings is 2. The highest BCUT2D eigenvalue weighted by molar-refractivity contribution is 7.20. The van der Waals surface area contributed by atoms with Gasteiger partial charge in [-0.1, -0.05) is 30.3 Å². The van der Waals surface area contributed by atoms with Gasteiger partial charge in [0.2, 0.25) is 0 Å². The van der Waals surface area contributed by atoms with Gasteiger partial charge in [-0.15, -0.1) is 11.3 Å². The van der Waals surface area contributed by atoms with Gasteiger partial charge < -0.3 is 9.47 Å². The van der Waals surface area contributed by atoms with Gasteiger partial charge in [-0.3, -0.25) is 9.36 Å². The molecule has 0 fully saturated rings. The van der Waals surface area contributed by atoms with Gasteiger partial charge in [-0.25, -0.2) is 9.78 Å². The van der Waals surface area contributed by atoms with Gasteiger partial charge >= 0.3 is 5.97 Å². The van der Waals surface area contributed by atoms with E-state index in [9.17, 15) is 9.59 Å². The summed E-state index contributed by atoms with van der Waals surface area (Å²) >= 11 is 1.19. The van der Waals surface area contributed by atoms with E-state index in [2.05, 4.69) is 4.98 Å². The highest BCUT2D eigenvalue weighted by Gasteiger charge is 2.20. The summed E-state index contributed by atoms with van der Waals surface area (Å²) in [5, 5.41) is 0.460. The summed E-state index contributed by atoms with van der Waals surface area (Å²) in [6.45, 7) is 4.14. The van der Waals surface area contributed by atoms with Gasteiger partial charge in [0.15, 0.2) is 0 Å². The number of aryl methyl sites for hydroxylation is 1. The van der Waals surface area contributed by atoms with Crippen molar-refractivity contribution in [3.8, 4) is 11.5 Å². The molecule has 0 N–H and O–H groups in total. The second kappa shape index (κ2) is 8.51. The predicted molar refractivity (Wildman–Crippen MR) is 117 cm³/mol. The van der Waals surface area contributed by atoms with Crippen LogP contribution >= 0.6 is 11.3 Å². The molecule has 0 amide bonds. The van der Waals surface area contributed by atoms with Crippen LogP contribution in [0.2, 0.25) is 0 Å². The van der Waals surface area contributed by atoms with Gasteiger partial charge in [0.25, 0.3) is 5.56 Å². The molecule has 0 atom stereocenters. The van der Waals surface area contributed by atoms with Crippen LogP contribution in [0.3, 0.4) is 0 Å². The zero-order chi connectivity index (χ0) is 21.1. The van der Waals surface area contributed by atoms with Gasteiger partial charge in [-0.2, -0.15) is 0 Å². The summed E-state index contributed by atoms with van der Waals surface area (Å²) < 4.78 is 12.5. The number of fused-ring (bicyclic) bond motifs is 1. The average Bonchev–Trinajstić information content (AvgIpc) is 3.09. The fourth-order valence-electron chi connectivity index (χ4n) is 3.19. The summed E-state index contributed by atoms with van der Waals surface area (Å²) in [6, 6.07) is 17.1. The van der Waals surface area contributed by atoms with Crippen molar-refractivity contribution in [1.82, 2.24) is 9.55 Å². The molecule has 0 aliphatic carbocycles. The topological polar surface area (TPSA) is 70.4 Å². The molecular formula is C23H20N2O4S. The van der Waals surface area contributed by atoms with Crippen molar-refractivity contribution in [3.63, 3.8) is 0 Å². The Bertz CT molecular complexity index is 1260. The second-order valence-electron chi connectivity index (χ2n) is 6.70. The molecule has 0 radical (unpaired) electrons. The Morgan fingerprint density at radius 2 is 1.87 bits per heavy atom. The van der Waals surface area contributed by atoms with E-state index in [1.54, 1.807) is 18.4 Å². The molecule has 0 aliphatic heterocycles. The number of hydrogen-bond acceptors (Lipinski definition) is 6. The molecule has 2 aromatic carbocycles. The van der Waals surface area contributed by atoms with Crippen molar-refractivity contribution in [2.24, 2.45) is 0 Å². The number of esters is 1. The number of hydrogen-bond donors (Lipinski definition) is 0. The number of para-hydroxylation sites is 1. The zero-order valence-corrected chi connectivity index (χ0v) is 17.4. The van der Waals surface area contributed by atoms with Gasteiger partial charge in [0.05, 0.1) is 24.9 Å². The Kier molecular flexibility index (Phi) is 5.63. The first-order valence-electron chi connectivity index (χ1n) is 9.54. The molecule has 6 nitrogen and oxygen atoms in total. The van der Waals surface area contributed by atoms with Crippen molar-refractivity contribution in [3.05, 3.63) is 87.3 Å². The summed E-state index contributed by atoms with van der Waals surface area (Å²) in [5.41, 5.74) is 1.34. The van der Waals surface area contributed by atoms with E-state index in [0.29, 0.717) is 33.0 Å². The number of rotatable bonds is 6. The molecule has 0 bridgehead atoms. The first-order chi connectivity index (χ1) is 14.6.